The van der Waals surface area contributed by atoms with Crippen LogP contribution in [0.1, 0.15) is 44.1 Å². The molecule has 12 nitrogen and oxygen atoms in total. The van der Waals surface area contributed by atoms with E-state index in [1.54, 1.807) is 30.6 Å². The largest absolute Gasteiger partial charge is 0.494 e. The first-order chi connectivity index (χ1) is 17.1. The molecule has 2 heterocycles. The average Bonchev–Trinajstić information content (AvgIpc) is 3.22. The van der Waals surface area contributed by atoms with Crippen molar-refractivity contribution in [2.24, 2.45) is 0 Å². The molecule has 0 unspecified atom stereocenters. The van der Waals surface area contributed by atoms with Gasteiger partial charge in [0.2, 0.25) is 16.0 Å². The second-order valence-corrected chi connectivity index (χ2v) is 10.3. The lowest BCUT2D eigenvalue weighted by Gasteiger charge is -2.25. The molecule has 2 aromatic heterocycles. The number of methoxy groups -OCH3 is 3. The van der Waals surface area contributed by atoms with Crippen molar-refractivity contribution in [2.75, 3.05) is 26.1 Å². The maximum absolute atomic E-state index is 13.6. The maximum atomic E-state index is 13.6. The van der Waals surface area contributed by atoms with Crippen LogP contribution in [0.15, 0.2) is 30.6 Å². The van der Waals surface area contributed by atoms with Gasteiger partial charge in [-0.3, -0.25) is 9.29 Å². The second kappa shape index (κ2) is 11.6. The fourth-order valence-electron chi connectivity index (χ4n) is 3.50. The predicted molar refractivity (Wildman–Crippen MR) is 133 cm³/mol. The van der Waals surface area contributed by atoms with Gasteiger partial charge in [-0.25, -0.2) is 18.4 Å². The lowest BCUT2D eigenvalue weighted by molar-refractivity contribution is 0.00152. The molecular weight excluding hydrogens is 488 g/mol. The molecule has 0 radical (unpaired) electrons. The first-order valence-corrected chi connectivity index (χ1v) is 12.8. The van der Waals surface area contributed by atoms with Crippen LogP contribution >= 0.6 is 0 Å². The second-order valence-electron chi connectivity index (χ2n) is 8.30. The van der Waals surface area contributed by atoms with Crippen LogP contribution < -0.4 is 14.2 Å². The summed E-state index contributed by atoms with van der Waals surface area (Å²) in [5.41, 5.74) is 1.27. The summed E-state index contributed by atoms with van der Waals surface area (Å²) in [5.74, 6) is 1.38. The van der Waals surface area contributed by atoms with Crippen molar-refractivity contribution in [3.05, 3.63) is 47.8 Å². The monoisotopic (exact) mass is 520 g/mol. The van der Waals surface area contributed by atoms with Crippen LogP contribution in [0.5, 0.6) is 11.5 Å². The minimum absolute atomic E-state index is 0.0573. The number of nitrogens with one attached hydrogen (secondary N) is 1. The Morgan fingerprint density at radius 3 is 2.14 bits per heavy atom. The zero-order valence-corrected chi connectivity index (χ0v) is 22.2. The van der Waals surface area contributed by atoms with Crippen LogP contribution in [0.4, 0.5) is 5.95 Å². The fraction of sp³-hybridized carbons (Fsp3) is 0.478. The van der Waals surface area contributed by atoms with Gasteiger partial charge < -0.3 is 18.9 Å². The van der Waals surface area contributed by atoms with Gasteiger partial charge in [0.15, 0.2) is 11.6 Å². The Labute approximate surface area is 211 Å². The normalized spacial score (nSPS) is 13.4. The first-order valence-electron chi connectivity index (χ1n) is 11.2. The molecule has 0 spiro atoms. The highest BCUT2D eigenvalue weighted by molar-refractivity contribution is 7.93. The third-order valence-corrected chi connectivity index (χ3v) is 6.95. The molecule has 0 aliphatic carbocycles. The number of hydrogen-bond donors (Lipinski definition) is 1. The third kappa shape index (κ3) is 5.91. The number of ether oxygens (including phenoxy) is 4. The number of sulfonamides is 1. The van der Waals surface area contributed by atoms with E-state index in [0.29, 0.717) is 23.0 Å². The molecule has 0 amide bonds. The smallest absolute Gasteiger partial charge is 0.243 e. The van der Waals surface area contributed by atoms with E-state index in [2.05, 4.69) is 24.9 Å². The first kappa shape index (κ1) is 27.3. The highest BCUT2D eigenvalue weighted by Crippen LogP contribution is 2.36. The molecule has 0 saturated heterocycles. The van der Waals surface area contributed by atoms with Crippen LogP contribution in [0.25, 0.3) is 5.69 Å². The van der Waals surface area contributed by atoms with E-state index in [4.69, 9.17) is 18.9 Å². The van der Waals surface area contributed by atoms with Gasteiger partial charge in [0.05, 0.1) is 20.3 Å². The van der Waals surface area contributed by atoms with Crippen LogP contribution in [-0.2, 0) is 26.1 Å². The average molecular weight is 521 g/mol. The van der Waals surface area contributed by atoms with Crippen LogP contribution in [0.3, 0.4) is 0 Å². The summed E-state index contributed by atoms with van der Waals surface area (Å²) in [6.45, 7) is 7.06. The molecule has 13 heteroatoms. The van der Waals surface area contributed by atoms with E-state index in [9.17, 15) is 8.42 Å². The number of nitrogens with zero attached hydrogens (tertiary/aromatic N) is 5. The number of anilines is 1. The maximum Gasteiger partial charge on any atom is 0.243 e. The molecule has 3 rings (SSSR count). The van der Waals surface area contributed by atoms with Crippen molar-refractivity contribution in [2.45, 2.75) is 51.8 Å². The van der Waals surface area contributed by atoms with Crippen LogP contribution in [0.2, 0.25) is 0 Å². The Balaban J connectivity index is 2.07. The Kier molecular flexibility index (Phi) is 8.82. The highest BCUT2D eigenvalue weighted by atomic mass is 32.2. The van der Waals surface area contributed by atoms with Gasteiger partial charge in [0.25, 0.3) is 0 Å². The molecule has 0 saturated carbocycles. The Hall–Kier alpha value is -3.29. The molecular formula is C23H32N6O6S. The quantitative estimate of drug-likeness (QED) is 0.379. The minimum Gasteiger partial charge on any atom is -0.494 e. The summed E-state index contributed by atoms with van der Waals surface area (Å²) >= 11 is 0. The highest BCUT2D eigenvalue weighted by Gasteiger charge is 2.36. The molecule has 36 heavy (non-hydrogen) atoms. The topological polar surface area (TPSA) is 140 Å². The molecule has 3 aromatic rings. The van der Waals surface area contributed by atoms with E-state index in [0.717, 1.165) is 5.56 Å². The summed E-state index contributed by atoms with van der Waals surface area (Å²) in [5, 5.41) is 7.14. The molecule has 1 aromatic carbocycles. The van der Waals surface area contributed by atoms with E-state index < -0.39 is 21.4 Å². The number of hydrogen-bond acceptors (Lipinski definition) is 10. The molecule has 0 bridgehead atoms. The van der Waals surface area contributed by atoms with E-state index >= 15 is 0 Å². The van der Waals surface area contributed by atoms with Crippen molar-refractivity contribution < 1.29 is 27.4 Å². The van der Waals surface area contributed by atoms with E-state index in [1.165, 1.54) is 32.8 Å². The van der Waals surface area contributed by atoms with Crippen molar-refractivity contribution in [3.8, 4) is 17.2 Å². The molecule has 0 fully saturated rings. The van der Waals surface area contributed by atoms with Crippen molar-refractivity contribution in [1.29, 1.82) is 0 Å². The van der Waals surface area contributed by atoms with Crippen LogP contribution in [0, 0.1) is 6.92 Å². The summed E-state index contributed by atoms with van der Waals surface area (Å²) < 4.78 is 53.5. The van der Waals surface area contributed by atoms with Crippen molar-refractivity contribution >= 4 is 16.0 Å². The van der Waals surface area contributed by atoms with Gasteiger partial charge >= 0.3 is 0 Å². The molecule has 0 aliphatic heterocycles. The minimum atomic E-state index is -4.09. The lowest BCUT2D eigenvalue weighted by Crippen LogP contribution is -2.35. The number of para-hydroxylation sites is 1. The van der Waals surface area contributed by atoms with E-state index in [-0.39, 0.29) is 24.5 Å². The van der Waals surface area contributed by atoms with E-state index in [1.807, 2.05) is 20.8 Å². The standard InChI is InChI=1S/C23H32N6O6S/c1-14(2)35-21(22-24-11-15(3)12-25-22)16(4)36(30,31)28-23-27-26-19(13-32-5)29(23)20-17(33-6)9-8-10-18(20)34-7/h8-12,14,16,21H,13H2,1-7H3,(H,27,28)/t16-,21+/m0/s1. The molecule has 1 N–H and O–H groups in total. The van der Waals surface area contributed by atoms with Gasteiger partial charge in [-0.1, -0.05) is 6.07 Å². The van der Waals surface area contributed by atoms with Gasteiger partial charge in [-0.2, -0.15) is 0 Å². The number of rotatable bonds is 12. The SMILES string of the molecule is COCc1nnc(NS(=O)(=O)[C@@H](C)[C@@H](OC(C)C)c2ncc(C)cn2)n1-c1c(OC)cccc1OC. The van der Waals surface area contributed by atoms with Gasteiger partial charge in [-0.15, -0.1) is 10.2 Å². The third-order valence-electron chi connectivity index (χ3n) is 5.25. The fourth-order valence-corrected chi connectivity index (χ4v) is 4.58. The predicted octanol–water partition coefficient (Wildman–Crippen LogP) is 2.83. The number of aromatic nitrogens is 5. The Morgan fingerprint density at radius 2 is 1.61 bits per heavy atom. The summed E-state index contributed by atoms with van der Waals surface area (Å²) in [4.78, 5) is 8.60. The van der Waals surface area contributed by atoms with Crippen molar-refractivity contribution in [3.63, 3.8) is 0 Å². The summed E-state index contributed by atoms with van der Waals surface area (Å²) in [6, 6.07) is 5.19. The Bertz CT molecular complexity index is 1240. The summed E-state index contributed by atoms with van der Waals surface area (Å²) in [7, 11) is 0.411. The van der Waals surface area contributed by atoms with Crippen molar-refractivity contribution in [1.82, 2.24) is 24.7 Å². The van der Waals surface area contributed by atoms with Gasteiger partial charge in [-0.05, 0) is 45.4 Å². The lowest BCUT2D eigenvalue weighted by atomic mass is 10.2. The molecule has 2 atom stereocenters. The zero-order valence-electron chi connectivity index (χ0n) is 21.4. The molecule has 0 aliphatic rings. The number of benzene rings is 1. The van der Waals surface area contributed by atoms with Gasteiger partial charge in [0.1, 0.15) is 35.1 Å². The van der Waals surface area contributed by atoms with Crippen LogP contribution in [-0.4, -0.2) is 65.8 Å². The van der Waals surface area contributed by atoms with Gasteiger partial charge in [0, 0.05) is 19.5 Å². The number of aryl methyl sites for hydroxylation is 1. The summed E-state index contributed by atoms with van der Waals surface area (Å²) in [6.07, 6.45) is 2.03. The zero-order chi connectivity index (χ0) is 26.5. The molecule has 196 valence electrons. The Morgan fingerprint density at radius 1 is 1.00 bits per heavy atom.